The van der Waals surface area contributed by atoms with Gasteiger partial charge in [0.05, 0.1) is 17.7 Å². The number of anilines is 1. The summed E-state index contributed by atoms with van der Waals surface area (Å²) in [6.45, 7) is 1.36. The van der Waals surface area contributed by atoms with Gasteiger partial charge < -0.3 is 19.9 Å². The summed E-state index contributed by atoms with van der Waals surface area (Å²) in [5.74, 6) is -0.121. The zero-order valence-electron chi connectivity index (χ0n) is 13.7. The minimum atomic E-state index is -0.684. The highest BCUT2D eigenvalue weighted by Crippen LogP contribution is 2.33. The molecule has 1 saturated heterocycles. The number of benzene rings is 1. The van der Waals surface area contributed by atoms with Crippen molar-refractivity contribution in [3.8, 4) is 5.75 Å². The molecule has 3 rings (SSSR count). The molecule has 1 atom stereocenters. The van der Waals surface area contributed by atoms with Crippen molar-refractivity contribution in [1.82, 2.24) is 0 Å². The van der Waals surface area contributed by atoms with Gasteiger partial charge in [-0.25, -0.2) is 0 Å². The second kappa shape index (κ2) is 8.08. The molecule has 2 aliphatic rings. The van der Waals surface area contributed by atoms with Gasteiger partial charge in [0.15, 0.2) is 0 Å². The number of halogens is 1. The normalized spacial score (nSPS) is 27.0. The van der Waals surface area contributed by atoms with E-state index < -0.39 is 5.97 Å². The quantitative estimate of drug-likeness (QED) is 0.810. The lowest BCUT2D eigenvalue weighted by Gasteiger charge is -2.28. The Balaban J connectivity index is 1.59. The van der Waals surface area contributed by atoms with E-state index in [4.69, 9.17) is 26.2 Å². The average Bonchev–Trinajstić information content (AvgIpc) is 3.08. The summed E-state index contributed by atoms with van der Waals surface area (Å²) in [5.41, 5.74) is 0.874. The number of ether oxygens (including phenoxy) is 2. The van der Waals surface area contributed by atoms with E-state index >= 15 is 0 Å². The molecular formula is C18H24ClNO4. The SMILES string of the molecule is O=C(O)C1CCC(Nc2cc(Cl)ccc2OCC2CCCO2)CC1. The summed E-state index contributed by atoms with van der Waals surface area (Å²) in [6, 6.07) is 5.82. The Bertz CT molecular complexity index is 566. The van der Waals surface area contributed by atoms with Crippen molar-refractivity contribution in [2.45, 2.75) is 50.7 Å². The Labute approximate surface area is 147 Å². The standard InChI is InChI=1S/C18H24ClNO4/c19-13-5-8-17(24-11-15-2-1-9-23-15)16(10-13)20-14-6-3-12(4-7-14)18(21)22/h5,8,10,12,14-15,20H,1-4,6-7,9,11H2,(H,21,22). The van der Waals surface area contributed by atoms with Crippen LogP contribution >= 0.6 is 11.6 Å². The van der Waals surface area contributed by atoms with Gasteiger partial charge in [-0.2, -0.15) is 0 Å². The van der Waals surface area contributed by atoms with E-state index in [9.17, 15) is 4.79 Å². The molecule has 1 heterocycles. The lowest BCUT2D eigenvalue weighted by Crippen LogP contribution is -2.29. The molecular weight excluding hydrogens is 330 g/mol. The minimum Gasteiger partial charge on any atom is -0.489 e. The second-order valence-electron chi connectivity index (χ2n) is 6.62. The maximum atomic E-state index is 11.1. The molecule has 1 aromatic carbocycles. The lowest BCUT2D eigenvalue weighted by molar-refractivity contribution is -0.142. The summed E-state index contributed by atoms with van der Waals surface area (Å²) in [5, 5.41) is 13.2. The van der Waals surface area contributed by atoms with Gasteiger partial charge in [-0.15, -0.1) is 0 Å². The fraction of sp³-hybridized carbons (Fsp3) is 0.611. The Hall–Kier alpha value is -1.46. The number of nitrogens with one attached hydrogen (secondary N) is 1. The lowest BCUT2D eigenvalue weighted by atomic mass is 9.86. The van der Waals surface area contributed by atoms with Gasteiger partial charge in [-0.3, -0.25) is 4.79 Å². The van der Waals surface area contributed by atoms with Gasteiger partial charge in [0.25, 0.3) is 0 Å². The van der Waals surface area contributed by atoms with Crippen molar-refractivity contribution in [2.24, 2.45) is 5.92 Å². The third-order valence-electron chi connectivity index (χ3n) is 4.83. The van der Waals surface area contributed by atoms with Crippen LogP contribution in [0.25, 0.3) is 0 Å². The number of hydrogen-bond acceptors (Lipinski definition) is 4. The van der Waals surface area contributed by atoms with E-state index in [1.165, 1.54) is 0 Å². The molecule has 1 aromatic rings. The molecule has 1 unspecified atom stereocenters. The largest absolute Gasteiger partial charge is 0.489 e. The van der Waals surface area contributed by atoms with Gasteiger partial charge in [-0.1, -0.05) is 11.6 Å². The van der Waals surface area contributed by atoms with Crippen LogP contribution < -0.4 is 10.1 Å². The van der Waals surface area contributed by atoms with E-state index in [1.807, 2.05) is 18.2 Å². The molecule has 24 heavy (non-hydrogen) atoms. The van der Waals surface area contributed by atoms with Gasteiger partial charge in [0.1, 0.15) is 12.4 Å². The van der Waals surface area contributed by atoms with Crippen LogP contribution in [0.15, 0.2) is 18.2 Å². The first kappa shape index (κ1) is 17.4. The Morgan fingerprint density at radius 1 is 1.29 bits per heavy atom. The van der Waals surface area contributed by atoms with E-state index in [0.717, 1.165) is 43.7 Å². The summed E-state index contributed by atoms with van der Waals surface area (Å²) < 4.78 is 11.5. The molecule has 1 saturated carbocycles. The number of carbonyl (C=O) groups is 1. The third kappa shape index (κ3) is 4.54. The number of carboxylic acids is 1. The highest BCUT2D eigenvalue weighted by atomic mass is 35.5. The predicted octanol–water partition coefficient (Wildman–Crippen LogP) is 3.95. The highest BCUT2D eigenvalue weighted by molar-refractivity contribution is 6.30. The third-order valence-corrected chi connectivity index (χ3v) is 5.06. The number of carboxylic acid groups (broad SMARTS) is 1. The van der Waals surface area contributed by atoms with Crippen molar-refractivity contribution in [3.63, 3.8) is 0 Å². The first-order valence-corrected chi connectivity index (χ1v) is 9.03. The first-order chi connectivity index (χ1) is 11.6. The summed E-state index contributed by atoms with van der Waals surface area (Å²) >= 11 is 6.13. The fourth-order valence-corrected chi connectivity index (χ4v) is 3.58. The van der Waals surface area contributed by atoms with E-state index in [2.05, 4.69) is 5.32 Å². The molecule has 2 fully saturated rings. The monoisotopic (exact) mass is 353 g/mol. The smallest absolute Gasteiger partial charge is 0.306 e. The van der Waals surface area contributed by atoms with Crippen LogP contribution in [-0.2, 0) is 9.53 Å². The van der Waals surface area contributed by atoms with Crippen LogP contribution in [0.1, 0.15) is 38.5 Å². The van der Waals surface area contributed by atoms with Crippen LogP contribution in [-0.4, -0.2) is 36.4 Å². The molecule has 0 bridgehead atoms. The molecule has 0 radical (unpaired) electrons. The van der Waals surface area contributed by atoms with Crippen LogP contribution in [0.3, 0.4) is 0 Å². The van der Waals surface area contributed by atoms with Crippen molar-refractivity contribution in [1.29, 1.82) is 0 Å². The summed E-state index contributed by atoms with van der Waals surface area (Å²) in [4.78, 5) is 11.1. The van der Waals surface area contributed by atoms with Gasteiger partial charge in [0, 0.05) is 17.7 Å². The molecule has 2 N–H and O–H groups in total. The zero-order chi connectivity index (χ0) is 16.9. The van der Waals surface area contributed by atoms with Crippen molar-refractivity contribution in [2.75, 3.05) is 18.5 Å². The molecule has 132 valence electrons. The molecule has 1 aliphatic carbocycles. The summed E-state index contributed by atoms with van der Waals surface area (Å²) in [7, 11) is 0. The second-order valence-corrected chi connectivity index (χ2v) is 7.05. The number of rotatable bonds is 6. The summed E-state index contributed by atoms with van der Waals surface area (Å²) in [6.07, 6.45) is 5.39. The maximum absolute atomic E-state index is 11.1. The zero-order valence-corrected chi connectivity index (χ0v) is 14.4. The van der Waals surface area contributed by atoms with Crippen LogP contribution in [0, 0.1) is 5.92 Å². The average molecular weight is 354 g/mol. The van der Waals surface area contributed by atoms with Gasteiger partial charge >= 0.3 is 5.97 Å². The molecule has 0 amide bonds. The van der Waals surface area contributed by atoms with Crippen LogP contribution in [0.2, 0.25) is 5.02 Å². The first-order valence-electron chi connectivity index (χ1n) is 8.65. The minimum absolute atomic E-state index is 0.166. The number of hydrogen-bond donors (Lipinski definition) is 2. The topological polar surface area (TPSA) is 67.8 Å². The molecule has 5 nitrogen and oxygen atoms in total. The Morgan fingerprint density at radius 3 is 2.75 bits per heavy atom. The molecule has 0 spiro atoms. The van der Waals surface area contributed by atoms with E-state index in [-0.39, 0.29) is 18.1 Å². The maximum Gasteiger partial charge on any atom is 0.306 e. The van der Waals surface area contributed by atoms with E-state index in [1.54, 1.807) is 0 Å². The predicted molar refractivity (Wildman–Crippen MR) is 92.9 cm³/mol. The van der Waals surface area contributed by atoms with Gasteiger partial charge in [0.2, 0.25) is 0 Å². The highest BCUT2D eigenvalue weighted by Gasteiger charge is 2.26. The molecule has 1 aliphatic heterocycles. The Kier molecular flexibility index (Phi) is 5.85. The van der Waals surface area contributed by atoms with Crippen LogP contribution in [0.4, 0.5) is 5.69 Å². The van der Waals surface area contributed by atoms with E-state index in [0.29, 0.717) is 24.5 Å². The molecule has 6 heteroatoms. The number of aliphatic carboxylic acids is 1. The van der Waals surface area contributed by atoms with Crippen molar-refractivity contribution >= 4 is 23.3 Å². The van der Waals surface area contributed by atoms with Crippen molar-refractivity contribution in [3.05, 3.63) is 23.2 Å². The van der Waals surface area contributed by atoms with Crippen LogP contribution in [0.5, 0.6) is 5.75 Å². The molecule has 0 aromatic heterocycles. The van der Waals surface area contributed by atoms with Gasteiger partial charge in [-0.05, 0) is 56.7 Å². The van der Waals surface area contributed by atoms with Crippen molar-refractivity contribution < 1.29 is 19.4 Å². The Morgan fingerprint density at radius 2 is 2.08 bits per heavy atom. The fourth-order valence-electron chi connectivity index (χ4n) is 3.40.